The highest BCUT2D eigenvalue weighted by molar-refractivity contribution is 4.98. The van der Waals surface area contributed by atoms with E-state index < -0.39 is 0 Å². The fourth-order valence-corrected chi connectivity index (χ4v) is 3.04. The zero-order valence-corrected chi connectivity index (χ0v) is 11.4. The van der Waals surface area contributed by atoms with Crippen LogP contribution in [0.15, 0.2) is 12.2 Å². The topological polar surface area (TPSA) is 21.3 Å². The third-order valence-corrected chi connectivity index (χ3v) is 4.30. The molecule has 0 aromatic carbocycles. The molecule has 1 heterocycles. The van der Waals surface area contributed by atoms with E-state index >= 15 is 0 Å². The summed E-state index contributed by atoms with van der Waals surface area (Å²) < 4.78 is 6.21. The van der Waals surface area contributed by atoms with Crippen LogP contribution in [0.4, 0.5) is 0 Å². The molecule has 17 heavy (non-hydrogen) atoms. The lowest BCUT2D eigenvalue weighted by molar-refractivity contribution is -0.0672. The van der Waals surface area contributed by atoms with E-state index in [0.29, 0.717) is 18.2 Å². The first-order valence-corrected chi connectivity index (χ1v) is 7.19. The van der Waals surface area contributed by atoms with E-state index in [1.165, 1.54) is 44.1 Å². The van der Waals surface area contributed by atoms with E-state index in [1.807, 2.05) is 0 Å². The van der Waals surface area contributed by atoms with Gasteiger partial charge in [0.2, 0.25) is 0 Å². The number of ether oxygens (including phenoxy) is 1. The fraction of sp³-hybridized carbons (Fsp3) is 0.867. The maximum atomic E-state index is 6.21. The molecule has 0 spiro atoms. The number of hydrogen-bond acceptors (Lipinski definition) is 2. The quantitative estimate of drug-likeness (QED) is 0.759. The molecule has 0 bridgehead atoms. The first kappa shape index (κ1) is 13.1. The maximum absolute atomic E-state index is 6.21. The highest BCUT2D eigenvalue weighted by atomic mass is 16.5. The summed E-state index contributed by atoms with van der Waals surface area (Å²) in [4.78, 5) is 0. The number of rotatable bonds is 3. The summed E-state index contributed by atoms with van der Waals surface area (Å²) in [5.41, 5.74) is 1.34. The molecule has 1 N–H and O–H groups in total. The first-order valence-electron chi connectivity index (χ1n) is 7.19. The standard InChI is InChI=1S/C15H27NO/c1-11(2)13-5-4-6-14(9-13)17-15-8-7-12(3)10-16-15/h12-16H,1,4-10H2,2-3H3. The van der Waals surface area contributed by atoms with Crippen LogP contribution in [0.2, 0.25) is 0 Å². The molecule has 0 aromatic rings. The van der Waals surface area contributed by atoms with E-state index in [0.717, 1.165) is 12.5 Å². The Morgan fingerprint density at radius 1 is 1.24 bits per heavy atom. The molecule has 98 valence electrons. The number of allylic oxidation sites excluding steroid dienone is 1. The van der Waals surface area contributed by atoms with Crippen molar-refractivity contribution in [3.63, 3.8) is 0 Å². The molecule has 2 fully saturated rings. The first-order chi connectivity index (χ1) is 8.15. The highest BCUT2D eigenvalue weighted by Gasteiger charge is 2.26. The van der Waals surface area contributed by atoms with E-state index in [4.69, 9.17) is 4.74 Å². The van der Waals surface area contributed by atoms with Gasteiger partial charge in [0.1, 0.15) is 6.23 Å². The molecular formula is C15H27NO. The Bertz CT molecular complexity index is 256. The maximum Gasteiger partial charge on any atom is 0.108 e. The zero-order valence-electron chi connectivity index (χ0n) is 11.4. The van der Waals surface area contributed by atoms with Crippen LogP contribution in [0.3, 0.4) is 0 Å². The van der Waals surface area contributed by atoms with Gasteiger partial charge >= 0.3 is 0 Å². The summed E-state index contributed by atoms with van der Waals surface area (Å²) in [6, 6.07) is 0. The van der Waals surface area contributed by atoms with Crippen molar-refractivity contribution in [2.24, 2.45) is 11.8 Å². The lowest BCUT2D eigenvalue weighted by Crippen LogP contribution is -2.42. The van der Waals surface area contributed by atoms with Crippen molar-refractivity contribution in [2.75, 3.05) is 6.54 Å². The summed E-state index contributed by atoms with van der Waals surface area (Å²) in [5.74, 6) is 1.50. The van der Waals surface area contributed by atoms with Gasteiger partial charge < -0.3 is 4.74 Å². The summed E-state index contributed by atoms with van der Waals surface area (Å²) >= 11 is 0. The Balaban J connectivity index is 1.76. The zero-order chi connectivity index (χ0) is 12.3. The molecule has 0 amide bonds. The molecule has 1 aliphatic carbocycles. The van der Waals surface area contributed by atoms with E-state index in [2.05, 4.69) is 25.7 Å². The van der Waals surface area contributed by atoms with Gasteiger partial charge in [-0.3, -0.25) is 5.32 Å². The minimum atomic E-state index is 0.306. The molecule has 2 aliphatic rings. The molecule has 4 unspecified atom stereocenters. The Kier molecular flexibility index (Phi) is 4.63. The van der Waals surface area contributed by atoms with Crippen LogP contribution in [0.5, 0.6) is 0 Å². The van der Waals surface area contributed by atoms with Crippen LogP contribution >= 0.6 is 0 Å². The van der Waals surface area contributed by atoms with Crippen LogP contribution in [0, 0.1) is 11.8 Å². The second kappa shape index (κ2) is 6.01. The van der Waals surface area contributed by atoms with E-state index in [-0.39, 0.29) is 0 Å². The van der Waals surface area contributed by atoms with Crippen molar-refractivity contribution < 1.29 is 4.74 Å². The Labute approximate surface area is 106 Å². The van der Waals surface area contributed by atoms with Gasteiger partial charge in [-0.15, -0.1) is 0 Å². The molecular weight excluding hydrogens is 210 g/mol. The molecule has 1 saturated carbocycles. The second-order valence-electron chi connectivity index (χ2n) is 6.05. The Morgan fingerprint density at radius 3 is 2.71 bits per heavy atom. The van der Waals surface area contributed by atoms with Gasteiger partial charge in [0.25, 0.3) is 0 Å². The minimum absolute atomic E-state index is 0.306. The number of piperidine rings is 1. The van der Waals surface area contributed by atoms with Gasteiger partial charge in [-0.25, -0.2) is 0 Å². The second-order valence-corrected chi connectivity index (χ2v) is 6.05. The molecule has 2 heteroatoms. The van der Waals surface area contributed by atoms with Crippen molar-refractivity contribution >= 4 is 0 Å². The molecule has 2 rings (SSSR count). The van der Waals surface area contributed by atoms with Gasteiger partial charge in [0, 0.05) is 6.54 Å². The van der Waals surface area contributed by atoms with Crippen LogP contribution in [0.25, 0.3) is 0 Å². The highest BCUT2D eigenvalue weighted by Crippen LogP contribution is 2.31. The van der Waals surface area contributed by atoms with Crippen molar-refractivity contribution in [1.29, 1.82) is 0 Å². The summed E-state index contributed by atoms with van der Waals surface area (Å²) in [6.45, 7) is 9.68. The smallest absolute Gasteiger partial charge is 0.108 e. The van der Waals surface area contributed by atoms with Crippen LogP contribution in [0.1, 0.15) is 52.4 Å². The van der Waals surface area contributed by atoms with Crippen molar-refractivity contribution in [3.8, 4) is 0 Å². The SMILES string of the molecule is C=C(C)C1CCCC(OC2CCC(C)CN2)C1. The van der Waals surface area contributed by atoms with Crippen LogP contribution in [-0.4, -0.2) is 18.9 Å². The molecule has 2 nitrogen and oxygen atoms in total. The molecule has 4 atom stereocenters. The van der Waals surface area contributed by atoms with E-state index in [1.54, 1.807) is 0 Å². The van der Waals surface area contributed by atoms with Gasteiger partial charge in [-0.1, -0.05) is 25.5 Å². The van der Waals surface area contributed by atoms with E-state index in [9.17, 15) is 0 Å². The largest absolute Gasteiger partial charge is 0.360 e. The van der Waals surface area contributed by atoms with Gasteiger partial charge in [-0.2, -0.15) is 0 Å². The van der Waals surface area contributed by atoms with Crippen molar-refractivity contribution in [2.45, 2.75) is 64.7 Å². The van der Waals surface area contributed by atoms with Gasteiger partial charge in [-0.05, 0) is 50.9 Å². The molecule has 0 radical (unpaired) electrons. The van der Waals surface area contributed by atoms with Gasteiger partial charge in [0.05, 0.1) is 6.10 Å². The predicted molar refractivity (Wildman–Crippen MR) is 71.8 cm³/mol. The normalized spacial score (nSPS) is 38.9. The molecule has 1 saturated heterocycles. The third kappa shape index (κ3) is 3.82. The van der Waals surface area contributed by atoms with Crippen LogP contribution < -0.4 is 5.32 Å². The minimum Gasteiger partial charge on any atom is -0.360 e. The molecule has 1 aliphatic heterocycles. The monoisotopic (exact) mass is 237 g/mol. The van der Waals surface area contributed by atoms with Gasteiger partial charge in [0.15, 0.2) is 0 Å². The average Bonchev–Trinajstić information content (AvgIpc) is 2.32. The van der Waals surface area contributed by atoms with Crippen molar-refractivity contribution in [1.82, 2.24) is 5.32 Å². The Hall–Kier alpha value is -0.340. The summed E-state index contributed by atoms with van der Waals surface area (Å²) in [7, 11) is 0. The average molecular weight is 237 g/mol. The van der Waals surface area contributed by atoms with Crippen molar-refractivity contribution in [3.05, 3.63) is 12.2 Å². The van der Waals surface area contributed by atoms with Crippen LogP contribution in [-0.2, 0) is 4.74 Å². The number of hydrogen-bond donors (Lipinski definition) is 1. The summed E-state index contributed by atoms with van der Waals surface area (Å²) in [5, 5.41) is 3.52. The fourth-order valence-electron chi connectivity index (χ4n) is 3.04. The lowest BCUT2D eigenvalue weighted by atomic mass is 9.83. The number of nitrogens with one attached hydrogen (secondary N) is 1. The summed E-state index contributed by atoms with van der Waals surface area (Å²) in [6.07, 6.45) is 8.26. The lowest BCUT2D eigenvalue weighted by Gasteiger charge is -2.35. The third-order valence-electron chi connectivity index (χ3n) is 4.30. The Morgan fingerprint density at radius 2 is 2.06 bits per heavy atom. The predicted octanol–water partition coefficient (Wildman–Crippen LogP) is 3.48. The molecule has 0 aromatic heterocycles.